The largest absolute Gasteiger partial charge is 0.496 e. The van der Waals surface area contributed by atoms with E-state index >= 15 is 0 Å². The third-order valence-corrected chi connectivity index (χ3v) is 6.34. The van der Waals surface area contributed by atoms with Crippen molar-refractivity contribution in [2.24, 2.45) is 4.99 Å². The van der Waals surface area contributed by atoms with Gasteiger partial charge in [-0.15, -0.1) is 0 Å². The first-order chi connectivity index (χ1) is 15.4. The van der Waals surface area contributed by atoms with E-state index in [2.05, 4.69) is 62.2 Å². The SMILES string of the molecule is CCN1c2cc(OC)c(C=Nc3ccc(Nc4ccccc4)cc3)cc2C(C)CC1(C)C. The topological polar surface area (TPSA) is 36.9 Å². The Morgan fingerprint density at radius 3 is 2.41 bits per heavy atom. The zero-order valence-corrected chi connectivity index (χ0v) is 19.7. The normalized spacial score (nSPS) is 17.3. The summed E-state index contributed by atoms with van der Waals surface area (Å²) in [6.07, 6.45) is 3.05. The molecule has 3 aromatic rings. The van der Waals surface area contributed by atoms with Crippen molar-refractivity contribution in [3.8, 4) is 5.75 Å². The molecule has 0 saturated carbocycles. The van der Waals surface area contributed by atoms with Crippen molar-refractivity contribution in [3.05, 3.63) is 77.9 Å². The molecule has 166 valence electrons. The van der Waals surface area contributed by atoms with Gasteiger partial charge in [-0.1, -0.05) is 25.1 Å². The molecule has 0 saturated heterocycles. The van der Waals surface area contributed by atoms with Crippen LogP contribution in [0.3, 0.4) is 0 Å². The molecule has 1 unspecified atom stereocenters. The van der Waals surface area contributed by atoms with Crippen LogP contribution in [0.1, 0.15) is 51.2 Å². The molecule has 0 amide bonds. The van der Waals surface area contributed by atoms with Crippen LogP contribution in [0.5, 0.6) is 5.75 Å². The monoisotopic (exact) mass is 427 g/mol. The predicted molar refractivity (Wildman–Crippen MR) is 137 cm³/mol. The second kappa shape index (κ2) is 9.07. The van der Waals surface area contributed by atoms with Gasteiger partial charge in [0.25, 0.3) is 0 Å². The molecule has 4 rings (SSSR count). The lowest BCUT2D eigenvalue weighted by molar-refractivity contribution is 0.377. The number of ether oxygens (including phenoxy) is 1. The molecule has 0 bridgehead atoms. The fourth-order valence-electron chi connectivity index (χ4n) is 4.87. The molecule has 32 heavy (non-hydrogen) atoms. The summed E-state index contributed by atoms with van der Waals surface area (Å²) in [6.45, 7) is 10.2. The minimum atomic E-state index is 0.136. The Kier molecular flexibility index (Phi) is 6.22. The second-order valence-corrected chi connectivity index (χ2v) is 9.11. The molecule has 1 atom stereocenters. The quantitative estimate of drug-likeness (QED) is 0.419. The molecule has 1 aliphatic rings. The van der Waals surface area contributed by atoms with Crippen LogP contribution < -0.4 is 15.0 Å². The number of rotatable bonds is 6. The number of nitrogens with zero attached hydrogens (tertiary/aromatic N) is 2. The van der Waals surface area contributed by atoms with Gasteiger partial charge in [-0.3, -0.25) is 4.99 Å². The first-order valence-corrected chi connectivity index (χ1v) is 11.4. The number of benzene rings is 3. The van der Waals surface area contributed by atoms with Crippen molar-refractivity contribution in [2.75, 3.05) is 23.9 Å². The maximum Gasteiger partial charge on any atom is 0.129 e. The number of aliphatic imine (C=N–C) groups is 1. The first kappa shape index (κ1) is 21.9. The van der Waals surface area contributed by atoms with E-state index in [1.54, 1.807) is 7.11 Å². The average molecular weight is 428 g/mol. The van der Waals surface area contributed by atoms with Gasteiger partial charge in [0.1, 0.15) is 5.75 Å². The Hall–Kier alpha value is -3.27. The molecule has 1 N–H and O–H groups in total. The summed E-state index contributed by atoms with van der Waals surface area (Å²) in [5.41, 5.74) is 6.82. The molecule has 3 aromatic carbocycles. The summed E-state index contributed by atoms with van der Waals surface area (Å²) in [5.74, 6) is 1.35. The highest BCUT2D eigenvalue weighted by atomic mass is 16.5. The lowest BCUT2D eigenvalue weighted by Gasteiger charge is -2.47. The molecule has 4 heteroatoms. The fraction of sp³-hybridized carbons (Fsp3) is 0.321. The molecule has 0 fully saturated rings. The number of para-hydroxylation sites is 1. The fourth-order valence-corrected chi connectivity index (χ4v) is 4.87. The number of methoxy groups -OCH3 is 1. The van der Waals surface area contributed by atoms with Crippen molar-refractivity contribution < 1.29 is 4.74 Å². The predicted octanol–water partition coefficient (Wildman–Crippen LogP) is 7.30. The maximum absolute atomic E-state index is 5.75. The molecule has 1 heterocycles. The standard InChI is InChI=1S/C28H33N3O/c1-6-31-26-17-27(32-5)21(16-25(26)20(2)18-28(31,3)4)19-29-22-12-14-24(15-13-22)30-23-10-8-7-9-11-23/h7-17,19-20,30H,6,18H2,1-5H3. The smallest absolute Gasteiger partial charge is 0.129 e. The maximum atomic E-state index is 5.75. The summed E-state index contributed by atoms with van der Waals surface area (Å²) in [4.78, 5) is 7.22. The zero-order chi connectivity index (χ0) is 22.7. The van der Waals surface area contributed by atoms with Gasteiger partial charge in [0.2, 0.25) is 0 Å². The Balaban J connectivity index is 1.58. The van der Waals surface area contributed by atoms with Crippen LogP contribution >= 0.6 is 0 Å². The second-order valence-electron chi connectivity index (χ2n) is 9.11. The molecular weight excluding hydrogens is 394 g/mol. The summed E-state index contributed by atoms with van der Waals surface area (Å²) in [7, 11) is 1.73. The van der Waals surface area contributed by atoms with Crippen LogP contribution in [-0.4, -0.2) is 25.4 Å². The van der Waals surface area contributed by atoms with Crippen LogP contribution in [0.4, 0.5) is 22.7 Å². The van der Waals surface area contributed by atoms with E-state index in [4.69, 9.17) is 9.73 Å². The Morgan fingerprint density at radius 1 is 1.06 bits per heavy atom. The zero-order valence-electron chi connectivity index (χ0n) is 19.7. The summed E-state index contributed by atoms with van der Waals surface area (Å²) < 4.78 is 5.75. The van der Waals surface area contributed by atoms with E-state index in [0.29, 0.717) is 5.92 Å². The van der Waals surface area contributed by atoms with Crippen molar-refractivity contribution in [1.82, 2.24) is 0 Å². The van der Waals surface area contributed by atoms with Crippen molar-refractivity contribution >= 4 is 29.0 Å². The minimum Gasteiger partial charge on any atom is -0.496 e. The lowest BCUT2D eigenvalue weighted by Crippen LogP contribution is -2.48. The molecule has 0 spiro atoms. The summed E-state index contributed by atoms with van der Waals surface area (Å²) in [5, 5.41) is 3.40. The van der Waals surface area contributed by atoms with E-state index in [1.165, 1.54) is 11.3 Å². The summed E-state index contributed by atoms with van der Waals surface area (Å²) in [6, 6.07) is 22.7. The van der Waals surface area contributed by atoms with E-state index < -0.39 is 0 Å². The minimum absolute atomic E-state index is 0.136. The molecule has 0 radical (unpaired) electrons. The number of fused-ring (bicyclic) bond motifs is 1. The van der Waals surface area contributed by atoms with Gasteiger partial charge >= 0.3 is 0 Å². The van der Waals surface area contributed by atoms with Gasteiger partial charge in [0.05, 0.1) is 12.8 Å². The van der Waals surface area contributed by atoms with Crippen LogP contribution in [0.15, 0.2) is 71.7 Å². The van der Waals surface area contributed by atoms with Crippen LogP contribution in [0, 0.1) is 0 Å². The Labute approximate surface area is 192 Å². The molecule has 4 nitrogen and oxygen atoms in total. The Bertz CT molecular complexity index is 1090. The molecule has 0 aliphatic carbocycles. The average Bonchev–Trinajstić information content (AvgIpc) is 2.78. The van der Waals surface area contributed by atoms with Gasteiger partial charge in [0.15, 0.2) is 0 Å². The first-order valence-electron chi connectivity index (χ1n) is 11.4. The highest BCUT2D eigenvalue weighted by Gasteiger charge is 2.36. The Morgan fingerprint density at radius 2 is 1.75 bits per heavy atom. The van der Waals surface area contributed by atoms with Crippen LogP contribution in [-0.2, 0) is 0 Å². The van der Waals surface area contributed by atoms with E-state index in [0.717, 1.165) is 41.3 Å². The van der Waals surface area contributed by atoms with E-state index in [-0.39, 0.29) is 5.54 Å². The van der Waals surface area contributed by atoms with Gasteiger partial charge in [0, 0.05) is 47.0 Å². The molecule has 0 aromatic heterocycles. The number of hydrogen-bond acceptors (Lipinski definition) is 4. The lowest BCUT2D eigenvalue weighted by atomic mass is 9.79. The van der Waals surface area contributed by atoms with Crippen molar-refractivity contribution in [1.29, 1.82) is 0 Å². The highest BCUT2D eigenvalue weighted by molar-refractivity contribution is 5.88. The molecular formula is C28H33N3O. The third-order valence-electron chi connectivity index (χ3n) is 6.34. The van der Waals surface area contributed by atoms with Crippen LogP contribution in [0.25, 0.3) is 0 Å². The van der Waals surface area contributed by atoms with Crippen molar-refractivity contribution in [3.63, 3.8) is 0 Å². The third kappa shape index (κ3) is 4.50. The molecule has 1 aliphatic heterocycles. The van der Waals surface area contributed by atoms with Gasteiger partial charge < -0.3 is 15.0 Å². The van der Waals surface area contributed by atoms with Crippen LogP contribution in [0.2, 0.25) is 0 Å². The number of hydrogen-bond donors (Lipinski definition) is 1. The highest BCUT2D eigenvalue weighted by Crippen LogP contribution is 2.45. The van der Waals surface area contributed by atoms with Crippen molar-refractivity contribution in [2.45, 2.75) is 45.6 Å². The number of anilines is 3. The van der Waals surface area contributed by atoms with Gasteiger partial charge in [-0.25, -0.2) is 0 Å². The number of nitrogens with one attached hydrogen (secondary N) is 1. The van der Waals surface area contributed by atoms with Gasteiger partial charge in [-0.2, -0.15) is 0 Å². The van der Waals surface area contributed by atoms with E-state index in [1.807, 2.05) is 48.7 Å². The van der Waals surface area contributed by atoms with Gasteiger partial charge in [-0.05, 0) is 81.1 Å². The van der Waals surface area contributed by atoms with E-state index in [9.17, 15) is 0 Å². The summed E-state index contributed by atoms with van der Waals surface area (Å²) >= 11 is 0.